The number of hydrogen-bond donors (Lipinski definition) is 0. The Morgan fingerprint density at radius 1 is 0.750 bits per heavy atom. The Morgan fingerprint density at radius 3 is 0.750 bits per heavy atom. The summed E-state index contributed by atoms with van der Waals surface area (Å²) in [6, 6.07) is 0. The van der Waals surface area contributed by atoms with Gasteiger partial charge in [0.2, 0.25) is 0 Å². The molecule has 0 bridgehead atoms. The van der Waals surface area contributed by atoms with Crippen LogP contribution in [0, 0.1) is 0 Å². The molecule has 0 aliphatic heterocycles. The van der Waals surface area contributed by atoms with Gasteiger partial charge in [0.15, 0.2) is 0 Å². The van der Waals surface area contributed by atoms with Gasteiger partial charge >= 0.3 is 53.9 Å². The third kappa shape index (κ3) is 8.89. The Hall–Kier alpha value is 2.19. The molecule has 0 aliphatic carbocycles. The van der Waals surface area contributed by atoms with E-state index in [4.69, 9.17) is 0 Å². The first-order valence-electron chi connectivity index (χ1n) is 0. The first kappa shape index (κ1) is 34.7. The summed E-state index contributed by atoms with van der Waals surface area (Å²) in [4.78, 5) is 0. The Balaban J connectivity index is 0. The molecule has 0 unspecified atom stereocenters. The van der Waals surface area contributed by atoms with Crippen molar-refractivity contribution in [3.63, 3.8) is 0 Å². The summed E-state index contributed by atoms with van der Waals surface area (Å²) in [5.74, 6) is 0. The van der Waals surface area contributed by atoms with Crippen LogP contribution in [0.2, 0.25) is 0 Å². The third-order valence-corrected chi connectivity index (χ3v) is 0. The fourth-order valence-electron chi connectivity index (χ4n) is 0. The Kier molecular flexibility index (Phi) is 165. The van der Waals surface area contributed by atoms with Gasteiger partial charge in [-0.1, -0.05) is 0 Å². The van der Waals surface area contributed by atoms with Crippen LogP contribution < -0.4 is 0 Å². The second kappa shape index (κ2) is 19.0. The molecule has 0 fully saturated rings. The van der Waals surface area contributed by atoms with Crippen LogP contribution in [0.4, 0.5) is 0 Å². The van der Waals surface area contributed by atoms with E-state index < -0.39 is 0 Å². The molecule has 4 heavy (non-hydrogen) atoms. The maximum atomic E-state index is 0. The van der Waals surface area contributed by atoms with Crippen molar-refractivity contribution in [2.24, 2.45) is 0 Å². The molecule has 33 valence electrons. The van der Waals surface area contributed by atoms with Gasteiger partial charge in [0.05, 0.1) is 0 Å². The molecule has 0 atom stereocenters. The van der Waals surface area contributed by atoms with Crippen LogP contribution in [0.15, 0.2) is 0 Å². The van der Waals surface area contributed by atoms with Gasteiger partial charge in [0, 0.05) is 17.1 Å². The van der Waals surface area contributed by atoms with E-state index in [1.807, 2.05) is 0 Å². The van der Waals surface area contributed by atoms with Crippen LogP contribution in [-0.4, -0.2) is 53.9 Å². The molecule has 0 aliphatic rings. The van der Waals surface area contributed by atoms with Crippen LogP contribution in [0.1, 0.15) is 0 Å². The Morgan fingerprint density at radius 2 is 0.750 bits per heavy atom. The molecule has 0 nitrogen and oxygen atoms in total. The van der Waals surface area contributed by atoms with Crippen LogP contribution >= 0.6 is 0 Å². The fourth-order valence-corrected chi connectivity index (χ4v) is 0. The van der Waals surface area contributed by atoms with Gasteiger partial charge in [-0.15, -0.1) is 0 Å². The van der Waals surface area contributed by atoms with E-state index in [0.29, 0.717) is 0 Å². The zero-order chi connectivity index (χ0) is 0. The molecule has 0 heterocycles. The zero-order valence-corrected chi connectivity index (χ0v) is 6.44. The van der Waals surface area contributed by atoms with E-state index >= 15 is 0 Å². The van der Waals surface area contributed by atoms with E-state index in [2.05, 4.69) is 0 Å². The van der Waals surface area contributed by atoms with Crippen molar-refractivity contribution in [3.8, 4) is 0 Å². The molecule has 0 aromatic rings. The van der Waals surface area contributed by atoms with Crippen molar-refractivity contribution in [3.05, 3.63) is 0 Å². The summed E-state index contributed by atoms with van der Waals surface area (Å²) >= 11 is 0. The first-order valence-corrected chi connectivity index (χ1v) is 0. The SMILES string of the molecule is [Cu].[GaH3].[SeH2].[SeH2]. The summed E-state index contributed by atoms with van der Waals surface area (Å²) in [7, 11) is 0. The molecule has 0 aromatic heterocycles. The van der Waals surface area contributed by atoms with Crippen molar-refractivity contribution in [1.82, 2.24) is 0 Å². The van der Waals surface area contributed by atoms with Gasteiger partial charge in [-0.3, -0.25) is 0 Å². The van der Waals surface area contributed by atoms with E-state index in [-0.39, 0.29) is 71.0 Å². The van der Waals surface area contributed by atoms with Crippen molar-refractivity contribution in [1.29, 1.82) is 0 Å². The summed E-state index contributed by atoms with van der Waals surface area (Å²) in [5, 5.41) is 0. The average molecular weight is 298 g/mol. The molecule has 0 N–H and O–H groups in total. The van der Waals surface area contributed by atoms with Gasteiger partial charge in [0.25, 0.3) is 0 Å². The van der Waals surface area contributed by atoms with E-state index in [1.54, 1.807) is 0 Å². The Bertz CT molecular complexity index is 6.00. The van der Waals surface area contributed by atoms with Crippen LogP contribution in [0.5, 0.6) is 0 Å². The monoisotopic (exact) mass is 299 g/mol. The molecule has 0 saturated heterocycles. The average Bonchev–Trinajstić information content (AvgIpc) is 0. The van der Waals surface area contributed by atoms with Crippen LogP contribution in [-0.2, 0) is 17.1 Å². The number of rotatable bonds is 0. The standard InChI is InChI=1S/Cu.Ga.2H2Se.3H/h;;2*1H2;;;. The zero-order valence-electron chi connectivity index (χ0n) is 1.30. The van der Waals surface area contributed by atoms with Gasteiger partial charge in [-0.2, -0.15) is 0 Å². The minimum absolute atomic E-state index is 0. The minimum atomic E-state index is 0. The molecule has 4 heteroatoms. The van der Waals surface area contributed by atoms with Gasteiger partial charge in [-0.05, 0) is 0 Å². The number of hydrogen-bond acceptors (Lipinski definition) is 0. The molecule has 0 saturated carbocycles. The molecular weight excluding hydrogens is 291 g/mol. The quantitative estimate of drug-likeness (QED) is 0.418. The molecule has 0 rings (SSSR count). The molecular formula is H7CuGaSe2. The predicted molar refractivity (Wildman–Crippen MR) is 27.0 cm³/mol. The van der Waals surface area contributed by atoms with Crippen LogP contribution in [0.25, 0.3) is 0 Å². The van der Waals surface area contributed by atoms with E-state index in [9.17, 15) is 0 Å². The van der Waals surface area contributed by atoms with Crippen molar-refractivity contribution >= 4 is 53.9 Å². The molecule has 0 spiro atoms. The summed E-state index contributed by atoms with van der Waals surface area (Å²) in [6.45, 7) is 0. The Labute approximate surface area is 70.3 Å². The molecule has 0 amide bonds. The van der Waals surface area contributed by atoms with Crippen LogP contribution in [0.3, 0.4) is 0 Å². The van der Waals surface area contributed by atoms with E-state index in [0.717, 1.165) is 0 Å². The van der Waals surface area contributed by atoms with E-state index in [1.165, 1.54) is 0 Å². The second-order valence-corrected chi connectivity index (χ2v) is 0. The first-order chi connectivity index (χ1) is 0. The summed E-state index contributed by atoms with van der Waals surface area (Å²) in [6.07, 6.45) is 0. The normalized spacial score (nSPS) is 0. The van der Waals surface area contributed by atoms with Gasteiger partial charge in [0.1, 0.15) is 0 Å². The van der Waals surface area contributed by atoms with Crippen molar-refractivity contribution in [2.75, 3.05) is 0 Å². The molecule has 0 aromatic carbocycles. The van der Waals surface area contributed by atoms with Gasteiger partial charge < -0.3 is 0 Å². The summed E-state index contributed by atoms with van der Waals surface area (Å²) < 4.78 is 0. The van der Waals surface area contributed by atoms with Crippen molar-refractivity contribution in [2.45, 2.75) is 0 Å². The predicted octanol–water partition coefficient (Wildman–Crippen LogP) is -3.02. The summed E-state index contributed by atoms with van der Waals surface area (Å²) in [5.41, 5.74) is 0. The fraction of sp³-hybridized carbons (Fsp3) is 0. The molecule has 1 radical (unpaired) electrons. The maximum absolute atomic E-state index is 0. The van der Waals surface area contributed by atoms with Crippen molar-refractivity contribution < 1.29 is 17.1 Å². The third-order valence-electron chi connectivity index (χ3n) is 0. The second-order valence-electron chi connectivity index (χ2n) is 0. The van der Waals surface area contributed by atoms with Gasteiger partial charge in [-0.25, -0.2) is 0 Å². The topological polar surface area (TPSA) is 0 Å².